The second kappa shape index (κ2) is 4.63. The number of hydrogen-bond acceptors (Lipinski definition) is 3. The van der Waals surface area contributed by atoms with Gasteiger partial charge in [0.25, 0.3) is 0 Å². The fourth-order valence-electron chi connectivity index (χ4n) is 1.63. The van der Waals surface area contributed by atoms with Gasteiger partial charge in [0, 0.05) is 6.42 Å². The Balaban J connectivity index is 2.26. The Morgan fingerprint density at radius 1 is 1.50 bits per heavy atom. The summed E-state index contributed by atoms with van der Waals surface area (Å²) in [5.74, 6) is 0.782. The monoisotopic (exact) mass is 213 g/mol. The Morgan fingerprint density at radius 3 is 3.19 bits per heavy atom. The molecule has 0 fully saturated rings. The minimum absolute atomic E-state index is 0.133. The molecule has 0 aliphatic carbocycles. The number of Topliss-reactive ketones (excluding diaryl/α,β-unsaturated/α-hetero) is 1. The van der Waals surface area contributed by atoms with Crippen LogP contribution >= 0.6 is 0 Å². The van der Waals surface area contributed by atoms with E-state index in [0.717, 1.165) is 5.56 Å². The number of carbonyl (C=O) groups is 1. The van der Waals surface area contributed by atoms with Crippen molar-refractivity contribution in [2.24, 2.45) is 0 Å². The average molecular weight is 213 g/mol. The van der Waals surface area contributed by atoms with Gasteiger partial charge in [0.15, 0.2) is 5.78 Å². The van der Waals surface area contributed by atoms with E-state index in [4.69, 9.17) is 10.00 Å². The largest absolute Gasteiger partial charge is 0.492 e. The van der Waals surface area contributed by atoms with Crippen LogP contribution in [0.1, 0.15) is 28.8 Å². The number of rotatable bonds is 2. The van der Waals surface area contributed by atoms with Crippen molar-refractivity contribution in [2.45, 2.75) is 12.8 Å². The molecule has 2 rings (SSSR count). The molecule has 0 saturated carbocycles. The van der Waals surface area contributed by atoms with E-state index >= 15 is 0 Å². The second-order valence-electron chi connectivity index (χ2n) is 3.54. The molecular weight excluding hydrogens is 202 g/mol. The molecule has 0 spiro atoms. The van der Waals surface area contributed by atoms with Crippen LogP contribution in [0.15, 0.2) is 24.3 Å². The van der Waals surface area contributed by atoms with E-state index in [1.54, 1.807) is 12.1 Å². The first-order valence-electron chi connectivity index (χ1n) is 5.15. The van der Waals surface area contributed by atoms with Gasteiger partial charge in [-0.05, 0) is 17.7 Å². The first-order chi connectivity index (χ1) is 7.81. The smallest absolute Gasteiger partial charge is 0.169 e. The van der Waals surface area contributed by atoms with Gasteiger partial charge in [-0.25, -0.2) is 0 Å². The summed E-state index contributed by atoms with van der Waals surface area (Å²) < 4.78 is 5.42. The van der Waals surface area contributed by atoms with Gasteiger partial charge in [0.2, 0.25) is 0 Å². The third kappa shape index (κ3) is 2.12. The van der Waals surface area contributed by atoms with Gasteiger partial charge in [0.05, 0.1) is 24.7 Å². The van der Waals surface area contributed by atoms with E-state index < -0.39 is 0 Å². The van der Waals surface area contributed by atoms with Crippen molar-refractivity contribution >= 4 is 11.9 Å². The van der Waals surface area contributed by atoms with Gasteiger partial charge in [-0.2, -0.15) is 5.26 Å². The van der Waals surface area contributed by atoms with Crippen molar-refractivity contribution in [1.29, 1.82) is 5.26 Å². The molecule has 3 nitrogen and oxygen atoms in total. The number of carbonyl (C=O) groups excluding carboxylic acids is 1. The summed E-state index contributed by atoms with van der Waals surface area (Å²) in [6, 6.07) is 7.51. The Labute approximate surface area is 94.0 Å². The van der Waals surface area contributed by atoms with E-state index in [1.807, 2.05) is 24.3 Å². The summed E-state index contributed by atoms with van der Waals surface area (Å²) in [6.07, 6.45) is 4.48. The highest BCUT2D eigenvalue weighted by atomic mass is 16.5. The highest BCUT2D eigenvalue weighted by Crippen LogP contribution is 2.26. The molecule has 0 atom stereocenters. The molecule has 0 bridgehead atoms. The Morgan fingerprint density at radius 2 is 2.38 bits per heavy atom. The molecule has 1 heterocycles. The van der Waals surface area contributed by atoms with E-state index in [9.17, 15) is 4.79 Å². The van der Waals surface area contributed by atoms with Crippen molar-refractivity contribution in [3.8, 4) is 11.8 Å². The predicted molar refractivity (Wildman–Crippen MR) is 60.1 cm³/mol. The van der Waals surface area contributed by atoms with Crippen molar-refractivity contribution in [1.82, 2.24) is 0 Å². The highest BCUT2D eigenvalue weighted by molar-refractivity contribution is 5.99. The topological polar surface area (TPSA) is 50.1 Å². The van der Waals surface area contributed by atoms with Gasteiger partial charge in [-0.1, -0.05) is 18.2 Å². The molecule has 0 amide bonds. The molecule has 0 aromatic heterocycles. The fraction of sp³-hybridized carbons (Fsp3) is 0.231. The minimum Gasteiger partial charge on any atom is -0.492 e. The summed E-state index contributed by atoms with van der Waals surface area (Å²) in [7, 11) is 0. The normalized spacial score (nSPS) is 14.3. The number of nitrogens with zero attached hydrogens (tertiary/aromatic N) is 1. The maximum absolute atomic E-state index is 11.5. The predicted octanol–water partition coefficient (Wildman–Crippen LogP) is 2.58. The van der Waals surface area contributed by atoms with E-state index in [2.05, 4.69) is 0 Å². The molecule has 0 N–H and O–H groups in total. The molecule has 1 aliphatic heterocycles. The third-order valence-corrected chi connectivity index (χ3v) is 2.41. The van der Waals surface area contributed by atoms with Gasteiger partial charge >= 0.3 is 0 Å². The maximum Gasteiger partial charge on any atom is 0.169 e. The summed E-state index contributed by atoms with van der Waals surface area (Å²) in [5.41, 5.74) is 1.60. The van der Waals surface area contributed by atoms with Crippen LogP contribution in [0.4, 0.5) is 0 Å². The SMILES string of the molecule is N#CCC=Cc1ccc2c(c1)OCCC2=O. The first-order valence-corrected chi connectivity index (χ1v) is 5.15. The molecule has 80 valence electrons. The molecule has 1 aromatic rings. The summed E-state index contributed by atoms with van der Waals surface area (Å²) >= 11 is 0. The van der Waals surface area contributed by atoms with Crippen molar-refractivity contribution < 1.29 is 9.53 Å². The third-order valence-electron chi connectivity index (χ3n) is 2.41. The standard InChI is InChI=1S/C13H11NO2/c14-7-2-1-3-10-4-5-11-12(15)6-8-16-13(11)9-10/h1,3-5,9H,2,6,8H2. The lowest BCUT2D eigenvalue weighted by atomic mass is 10.0. The molecule has 0 unspecified atom stereocenters. The number of benzene rings is 1. The van der Waals surface area contributed by atoms with Crippen LogP contribution in [0, 0.1) is 11.3 Å². The number of fused-ring (bicyclic) bond motifs is 1. The lowest BCUT2D eigenvalue weighted by Crippen LogP contribution is -2.15. The number of hydrogen-bond donors (Lipinski definition) is 0. The first kappa shape index (κ1) is 10.4. The number of nitriles is 1. The van der Waals surface area contributed by atoms with E-state index in [0.29, 0.717) is 30.8 Å². The molecule has 0 radical (unpaired) electrons. The molecular formula is C13H11NO2. The summed E-state index contributed by atoms with van der Waals surface area (Å²) in [6.45, 7) is 0.456. The molecule has 0 saturated heterocycles. The molecule has 1 aliphatic rings. The zero-order chi connectivity index (χ0) is 11.4. The average Bonchev–Trinajstić information content (AvgIpc) is 2.30. The Bertz CT molecular complexity index is 483. The van der Waals surface area contributed by atoms with Crippen LogP contribution in [0.3, 0.4) is 0 Å². The molecule has 3 heteroatoms. The lowest BCUT2D eigenvalue weighted by molar-refractivity contribution is 0.0933. The highest BCUT2D eigenvalue weighted by Gasteiger charge is 2.17. The number of ether oxygens (including phenoxy) is 1. The Hall–Kier alpha value is -2.08. The lowest BCUT2D eigenvalue weighted by Gasteiger charge is -2.16. The van der Waals surface area contributed by atoms with Crippen LogP contribution in [0.5, 0.6) is 5.75 Å². The summed E-state index contributed by atoms with van der Waals surface area (Å²) in [4.78, 5) is 11.5. The van der Waals surface area contributed by atoms with Gasteiger partial charge in [-0.3, -0.25) is 4.79 Å². The zero-order valence-corrected chi connectivity index (χ0v) is 8.77. The minimum atomic E-state index is 0.133. The quantitative estimate of drug-likeness (QED) is 0.758. The van der Waals surface area contributed by atoms with Crippen LogP contribution in [0.2, 0.25) is 0 Å². The van der Waals surface area contributed by atoms with Crippen molar-refractivity contribution in [3.63, 3.8) is 0 Å². The van der Waals surface area contributed by atoms with Crippen LogP contribution in [-0.2, 0) is 0 Å². The van der Waals surface area contributed by atoms with Crippen molar-refractivity contribution in [3.05, 3.63) is 35.4 Å². The van der Waals surface area contributed by atoms with Crippen LogP contribution in [-0.4, -0.2) is 12.4 Å². The maximum atomic E-state index is 11.5. The zero-order valence-electron chi connectivity index (χ0n) is 8.77. The number of allylic oxidation sites excluding steroid dienone is 1. The van der Waals surface area contributed by atoms with E-state index in [-0.39, 0.29) is 5.78 Å². The molecule has 1 aromatic carbocycles. The fourth-order valence-corrected chi connectivity index (χ4v) is 1.63. The Kier molecular flexibility index (Phi) is 3.02. The number of ketones is 1. The summed E-state index contributed by atoms with van der Waals surface area (Å²) in [5, 5.41) is 8.40. The molecule has 16 heavy (non-hydrogen) atoms. The second-order valence-corrected chi connectivity index (χ2v) is 3.54. The van der Waals surface area contributed by atoms with Crippen LogP contribution < -0.4 is 4.74 Å². The van der Waals surface area contributed by atoms with Gasteiger partial charge in [0.1, 0.15) is 5.75 Å². The van der Waals surface area contributed by atoms with Crippen LogP contribution in [0.25, 0.3) is 6.08 Å². The van der Waals surface area contributed by atoms with Gasteiger partial charge < -0.3 is 4.74 Å². The van der Waals surface area contributed by atoms with Gasteiger partial charge in [-0.15, -0.1) is 0 Å². The van der Waals surface area contributed by atoms with Crippen molar-refractivity contribution in [2.75, 3.05) is 6.61 Å². The van der Waals surface area contributed by atoms with E-state index in [1.165, 1.54) is 0 Å².